The molecule has 1 unspecified atom stereocenters. The number of sulfonamides is 1. The molecule has 3 heterocycles. The molecule has 2 aromatic rings. The summed E-state index contributed by atoms with van der Waals surface area (Å²) in [6.07, 6.45) is 3.68. The van der Waals surface area contributed by atoms with Crippen LogP contribution in [0.1, 0.15) is 35.8 Å². The minimum absolute atomic E-state index is 0.108. The third kappa shape index (κ3) is 2.66. The molecular formula is C15H19FN4O2S. The number of hydrogen-bond acceptors (Lipinski definition) is 4. The molecule has 8 heteroatoms. The van der Waals surface area contributed by atoms with E-state index in [1.807, 2.05) is 20.9 Å². The van der Waals surface area contributed by atoms with Crippen molar-refractivity contribution >= 4 is 10.0 Å². The largest absolute Gasteiger partial charge is 0.272 e. The molecule has 0 radical (unpaired) electrons. The predicted molar refractivity (Wildman–Crippen MR) is 82.7 cm³/mol. The molecule has 0 aliphatic carbocycles. The van der Waals surface area contributed by atoms with Crippen LogP contribution in [0, 0.1) is 19.7 Å². The molecule has 0 spiro atoms. The van der Waals surface area contributed by atoms with Gasteiger partial charge in [0.1, 0.15) is 10.7 Å². The standard InChI is InChI=1S/C15H19FN4O2S/c1-10-15(11(2)19(3)18-10)14-5-4-6-20(14)23(21,22)13-7-12(16)8-17-9-13/h7-9,14H,4-6H2,1-3H3. The van der Waals surface area contributed by atoms with Crippen molar-refractivity contribution < 1.29 is 12.8 Å². The van der Waals surface area contributed by atoms with Gasteiger partial charge in [-0.2, -0.15) is 9.40 Å². The van der Waals surface area contributed by atoms with Crippen molar-refractivity contribution in [3.63, 3.8) is 0 Å². The number of aromatic nitrogens is 3. The molecule has 1 aliphatic heterocycles. The highest BCUT2D eigenvalue weighted by atomic mass is 32.2. The van der Waals surface area contributed by atoms with Gasteiger partial charge in [-0.25, -0.2) is 12.8 Å². The molecule has 0 saturated carbocycles. The summed E-state index contributed by atoms with van der Waals surface area (Å²) in [6.45, 7) is 4.23. The molecule has 1 fully saturated rings. The van der Waals surface area contributed by atoms with Crippen LogP contribution in [0.25, 0.3) is 0 Å². The van der Waals surface area contributed by atoms with Crippen LogP contribution in [0.2, 0.25) is 0 Å². The van der Waals surface area contributed by atoms with Crippen molar-refractivity contribution in [1.82, 2.24) is 19.1 Å². The lowest BCUT2D eigenvalue weighted by Gasteiger charge is -2.24. The van der Waals surface area contributed by atoms with E-state index in [-0.39, 0.29) is 10.9 Å². The number of halogens is 1. The summed E-state index contributed by atoms with van der Waals surface area (Å²) in [5.74, 6) is -0.657. The Hall–Kier alpha value is -1.80. The van der Waals surface area contributed by atoms with Gasteiger partial charge in [0.25, 0.3) is 0 Å². The number of aryl methyl sites for hydroxylation is 2. The molecule has 0 N–H and O–H groups in total. The van der Waals surface area contributed by atoms with E-state index in [9.17, 15) is 12.8 Å². The number of hydrogen-bond donors (Lipinski definition) is 0. The fourth-order valence-electron chi connectivity index (χ4n) is 3.26. The van der Waals surface area contributed by atoms with Gasteiger partial charge in [-0.15, -0.1) is 0 Å². The maximum absolute atomic E-state index is 13.4. The van der Waals surface area contributed by atoms with Crippen LogP contribution in [0.3, 0.4) is 0 Å². The van der Waals surface area contributed by atoms with Crippen molar-refractivity contribution in [3.8, 4) is 0 Å². The summed E-state index contributed by atoms with van der Waals surface area (Å²) in [4.78, 5) is 3.55. The summed E-state index contributed by atoms with van der Waals surface area (Å²) in [5.41, 5.74) is 2.72. The number of pyridine rings is 1. The highest BCUT2D eigenvalue weighted by Gasteiger charge is 2.38. The summed E-state index contributed by atoms with van der Waals surface area (Å²) in [6, 6.07) is 0.748. The summed E-state index contributed by atoms with van der Waals surface area (Å²) < 4.78 is 42.4. The van der Waals surface area contributed by atoms with Gasteiger partial charge in [0.2, 0.25) is 10.0 Å². The fourth-order valence-corrected chi connectivity index (χ4v) is 4.90. The molecule has 124 valence electrons. The topological polar surface area (TPSA) is 68.1 Å². The normalized spacial score (nSPS) is 19.4. The maximum atomic E-state index is 13.4. The molecule has 1 aliphatic rings. The smallest absolute Gasteiger partial charge is 0.245 e. The van der Waals surface area contributed by atoms with E-state index < -0.39 is 15.8 Å². The zero-order valence-corrected chi connectivity index (χ0v) is 14.1. The second-order valence-corrected chi connectivity index (χ2v) is 7.71. The van der Waals surface area contributed by atoms with Crippen molar-refractivity contribution in [2.45, 2.75) is 37.6 Å². The SMILES string of the molecule is Cc1nn(C)c(C)c1C1CCCN1S(=O)(=O)c1cncc(F)c1. The second-order valence-electron chi connectivity index (χ2n) is 5.82. The van der Waals surface area contributed by atoms with Crippen LogP contribution >= 0.6 is 0 Å². The van der Waals surface area contributed by atoms with Gasteiger partial charge in [0.15, 0.2) is 0 Å². The van der Waals surface area contributed by atoms with Crippen LogP contribution < -0.4 is 0 Å². The second kappa shape index (κ2) is 5.68. The minimum atomic E-state index is -3.79. The van der Waals surface area contributed by atoms with Crippen molar-refractivity contribution in [2.75, 3.05) is 6.54 Å². The third-order valence-corrected chi connectivity index (χ3v) is 6.26. The van der Waals surface area contributed by atoms with E-state index in [1.54, 1.807) is 4.68 Å². The Morgan fingerprint density at radius 1 is 1.30 bits per heavy atom. The van der Waals surface area contributed by atoms with Crippen molar-refractivity contribution in [1.29, 1.82) is 0 Å². The average Bonchev–Trinajstić information content (AvgIpc) is 3.05. The Morgan fingerprint density at radius 2 is 2.04 bits per heavy atom. The molecule has 23 heavy (non-hydrogen) atoms. The van der Waals surface area contributed by atoms with Gasteiger partial charge in [-0.1, -0.05) is 0 Å². The summed E-state index contributed by atoms with van der Waals surface area (Å²) in [7, 11) is -1.95. The van der Waals surface area contributed by atoms with E-state index in [0.717, 1.165) is 42.1 Å². The van der Waals surface area contributed by atoms with Gasteiger partial charge < -0.3 is 0 Å². The van der Waals surface area contributed by atoms with Gasteiger partial charge in [0, 0.05) is 31.0 Å². The van der Waals surface area contributed by atoms with Crippen LogP contribution in [0.4, 0.5) is 4.39 Å². The van der Waals surface area contributed by atoms with Crippen molar-refractivity contribution in [2.24, 2.45) is 7.05 Å². The maximum Gasteiger partial charge on any atom is 0.245 e. The molecule has 6 nitrogen and oxygen atoms in total. The van der Waals surface area contributed by atoms with Gasteiger partial charge in [0.05, 0.1) is 17.9 Å². The first-order valence-electron chi connectivity index (χ1n) is 7.45. The van der Waals surface area contributed by atoms with Crippen LogP contribution in [-0.2, 0) is 17.1 Å². The first-order valence-corrected chi connectivity index (χ1v) is 8.89. The Kier molecular flexibility index (Phi) is 3.97. The van der Waals surface area contributed by atoms with Gasteiger partial charge in [-0.3, -0.25) is 9.67 Å². The lowest BCUT2D eigenvalue weighted by molar-refractivity contribution is 0.394. The minimum Gasteiger partial charge on any atom is -0.272 e. The summed E-state index contributed by atoms with van der Waals surface area (Å²) >= 11 is 0. The molecule has 3 rings (SSSR count). The lowest BCUT2D eigenvalue weighted by atomic mass is 10.0. The Bertz CT molecular complexity index is 847. The first kappa shape index (κ1) is 16.1. The highest BCUT2D eigenvalue weighted by molar-refractivity contribution is 7.89. The van der Waals surface area contributed by atoms with Crippen molar-refractivity contribution in [3.05, 3.63) is 41.2 Å². The average molecular weight is 338 g/mol. The summed E-state index contributed by atoms with van der Waals surface area (Å²) in [5, 5.41) is 4.38. The predicted octanol–water partition coefficient (Wildman–Crippen LogP) is 2.10. The molecular weight excluding hydrogens is 319 g/mol. The molecule has 2 aromatic heterocycles. The van der Waals surface area contributed by atoms with Gasteiger partial charge >= 0.3 is 0 Å². The lowest BCUT2D eigenvalue weighted by Crippen LogP contribution is -2.31. The zero-order valence-electron chi connectivity index (χ0n) is 13.3. The zero-order chi connectivity index (χ0) is 16.8. The molecule has 0 amide bonds. The van der Waals surface area contributed by atoms with E-state index in [0.29, 0.717) is 6.54 Å². The first-order chi connectivity index (χ1) is 10.8. The Balaban J connectivity index is 2.05. The third-order valence-electron chi connectivity index (χ3n) is 4.39. The molecule has 1 atom stereocenters. The van der Waals surface area contributed by atoms with Crippen LogP contribution in [0.5, 0.6) is 0 Å². The molecule has 1 saturated heterocycles. The molecule has 0 aromatic carbocycles. The molecule has 0 bridgehead atoms. The van der Waals surface area contributed by atoms with Crippen LogP contribution in [0.15, 0.2) is 23.4 Å². The fraction of sp³-hybridized carbons (Fsp3) is 0.467. The van der Waals surface area contributed by atoms with E-state index in [2.05, 4.69) is 10.1 Å². The quantitative estimate of drug-likeness (QED) is 0.859. The highest BCUT2D eigenvalue weighted by Crippen LogP contribution is 2.38. The van der Waals surface area contributed by atoms with E-state index >= 15 is 0 Å². The monoisotopic (exact) mass is 338 g/mol. The Labute approximate surface area is 135 Å². The Morgan fingerprint density at radius 3 is 2.65 bits per heavy atom. The number of nitrogens with zero attached hydrogens (tertiary/aromatic N) is 4. The van der Waals surface area contributed by atoms with Gasteiger partial charge in [-0.05, 0) is 32.8 Å². The van der Waals surface area contributed by atoms with E-state index in [4.69, 9.17) is 0 Å². The van der Waals surface area contributed by atoms with E-state index in [1.165, 1.54) is 10.5 Å². The van der Waals surface area contributed by atoms with Crippen LogP contribution in [-0.4, -0.2) is 34.0 Å². The number of rotatable bonds is 3.